The summed E-state index contributed by atoms with van der Waals surface area (Å²) in [6, 6.07) is 7.76. The molecular weight excluding hydrogens is 283 g/mol. The molecule has 0 saturated carbocycles. The third-order valence-corrected chi connectivity index (χ3v) is 3.82. The van der Waals surface area contributed by atoms with Gasteiger partial charge in [-0.1, -0.05) is 29.8 Å². The third-order valence-electron chi connectivity index (χ3n) is 2.50. The molecule has 0 amide bonds. The van der Waals surface area contributed by atoms with Crippen LogP contribution in [0.5, 0.6) is 0 Å². The van der Waals surface area contributed by atoms with Crippen molar-refractivity contribution in [3.05, 3.63) is 56.7 Å². The normalized spacial score (nSPS) is 13.6. The third kappa shape index (κ3) is 2.68. The van der Waals surface area contributed by atoms with Crippen LogP contribution in [0.15, 0.2) is 36.4 Å². The van der Waals surface area contributed by atoms with Gasteiger partial charge in [0.25, 0.3) is 0 Å². The van der Waals surface area contributed by atoms with Crippen LogP contribution in [-0.2, 0) is 6.18 Å². The molecule has 2 aromatic rings. The lowest BCUT2D eigenvalue weighted by atomic mass is 9.99. The molecule has 0 radical (unpaired) electrons. The minimum atomic E-state index is -4.41. The fraction of sp³-hybridized carbons (Fsp3) is 0.167. The molecule has 0 bridgehead atoms. The van der Waals surface area contributed by atoms with Gasteiger partial charge in [-0.3, -0.25) is 0 Å². The lowest BCUT2D eigenvalue weighted by Gasteiger charge is -2.17. The van der Waals surface area contributed by atoms with Crippen LogP contribution in [0.1, 0.15) is 22.0 Å². The molecule has 1 aromatic carbocycles. The van der Waals surface area contributed by atoms with Gasteiger partial charge in [-0.15, -0.1) is 11.3 Å². The molecule has 0 spiro atoms. The van der Waals surface area contributed by atoms with Crippen molar-refractivity contribution in [2.45, 2.75) is 12.2 Å². The molecule has 0 fully saturated rings. The molecule has 1 unspecified atom stereocenters. The largest absolute Gasteiger partial charge is 0.416 e. The summed E-state index contributed by atoms with van der Waals surface area (Å²) in [5, 5.41) is 0. The maximum absolute atomic E-state index is 12.9. The van der Waals surface area contributed by atoms with Crippen LogP contribution in [-0.4, -0.2) is 0 Å². The Hall–Kier alpha value is -1.04. The second-order valence-corrected chi connectivity index (χ2v) is 5.45. The number of hydrogen-bond donors (Lipinski definition) is 1. The average Bonchev–Trinajstić information content (AvgIpc) is 2.74. The zero-order valence-corrected chi connectivity index (χ0v) is 10.6. The Bertz CT molecular complexity index is 550. The first-order valence-corrected chi connectivity index (χ1v) is 6.26. The molecular formula is C12H9ClF3NS. The van der Waals surface area contributed by atoms with E-state index in [0.717, 1.165) is 6.07 Å². The van der Waals surface area contributed by atoms with E-state index in [0.29, 0.717) is 9.21 Å². The quantitative estimate of drug-likeness (QED) is 0.868. The molecule has 0 aliphatic carbocycles. The smallest absolute Gasteiger partial charge is 0.320 e. The van der Waals surface area contributed by atoms with Gasteiger partial charge in [-0.25, -0.2) is 0 Å². The maximum atomic E-state index is 12.9. The summed E-state index contributed by atoms with van der Waals surface area (Å²) in [4.78, 5) is 0.608. The van der Waals surface area contributed by atoms with Crippen LogP contribution < -0.4 is 5.73 Å². The molecule has 1 heterocycles. The predicted molar refractivity (Wildman–Crippen MR) is 66.8 cm³/mol. The Morgan fingerprint density at radius 1 is 1.11 bits per heavy atom. The predicted octanol–water partition coefficient (Wildman–Crippen LogP) is 4.47. The van der Waals surface area contributed by atoms with E-state index < -0.39 is 17.8 Å². The second-order valence-electron chi connectivity index (χ2n) is 3.70. The van der Waals surface area contributed by atoms with Gasteiger partial charge in [0.1, 0.15) is 0 Å². The molecule has 18 heavy (non-hydrogen) atoms. The molecule has 2 rings (SSSR count). The number of hydrogen-bond acceptors (Lipinski definition) is 2. The van der Waals surface area contributed by atoms with Crippen LogP contribution in [0.3, 0.4) is 0 Å². The van der Waals surface area contributed by atoms with Crippen molar-refractivity contribution in [1.29, 1.82) is 0 Å². The number of thiophene rings is 1. The van der Waals surface area contributed by atoms with Gasteiger partial charge < -0.3 is 5.73 Å². The summed E-state index contributed by atoms with van der Waals surface area (Å²) in [6.07, 6.45) is -4.41. The highest BCUT2D eigenvalue weighted by Crippen LogP contribution is 2.37. The van der Waals surface area contributed by atoms with Crippen molar-refractivity contribution in [2.24, 2.45) is 5.73 Å². The van der Waals surface area contributed by atoms with Crippen LogP contribution in [0.2, 0.25) is 4.34 Å². The van der Waals surface area contributed by atoms with Gasteiger partial charge in [0, 0.05) is 4.88 Å². The van der Waals surface area contributed by atoms with E-state index in [4.69, 9.17) is 17.3 Å². The molecule has 6 heteroatoms. The highest BCUT2D eigenvalue weighted by atomic mass is 35.5. The standard InChI is InChI=1S/C12H9ClF3NS/c13-10-6-5-9(18-10)11(17)7-3-1-2-4-8(7)12(14,15)16/h1-6,11H,17H2. The molecule has 1 aromatic heterocycles. The summed E-state index contributed by atoms with van der Waals surface area (Å²) >= 11 is 6.95. The average molecular weight is 292 g/mol. The van der Waals surface area contributed by atoms with E-state index in [2.05, 4.69) is 0 Å². The van der Waals surface area contributed by atoms with Crippen molar-refractivity contribution in [1.82, 2.24) is 0 Å². The Kier molecular flexibility index (Phi) is 3.66. The van der Waals surface area contributed by atoms with Gasteiger partial charge in [0.15, 0.2) is 0 Å². The Balaban J connectivity index is 2.45. The van der Waals surface area contributed by atoms with Crippen molar-refractivity contribution in [3.8, 4) is 0 Å². The van der Waals surface area contributed by atoms with E-state index in [1.807, 2.05) is 0 Å². The van der Waals surface area contributed by atoms with Gasteiger partial charge in [-0.05, 0) is 23.8 Å². The fourth-order valence-electron chi connectivity index (χ4n) is 1.68. The SMILES string of the molecule is NC(c1ccc(Cl)s1)c1ccccc1C(F)(F)F. The van der Waals surface area contributed by atoms with Crippen LogP contribution in [0, 0.1) is 0 Å². The van der Waals surface area contributed by atoms with Crippen LogP contribution >= 0.6 is 22.9 Å². The zero-order valence-electron chi connectivity index (χ0n) is 9.04. The summed E-state index contributed by atoms with van der Waals surface area (Å²) in [5.41, 5.74) is 5.23. The topological polar surface area (TPSA) is 26.0 Å². The van der Waals surface area contributed by atoms with Gasteiger partial charge in [0.05, 0.1) is 15.9 Å². The van der Waals surface area contributed by atoms with Gasteiger partial charge >= 0.3 is 6.18 Å². The maximum Gasteiger partial charge on any atom is 0.416 e. The van der Waals surface area contributed by atoms with E-state index in [1.54, 1.807) is 18.2 Å². The first-order chi connectivity index (χ1) is 8.39. The molecule has 1 atom stereocenters. The van der Waals surface area contributed by atoms with Crippen molar-refractivity contribution < 1.29 is 13.2 Å². The van der Waals surface area contributed by atoms with Gasteiger partial charge in [0.2, 0.25) is 0 Å². The second kappa shape index (κ2) is 4.91. The number of benzene rings is 1. The monoisotopic (exact) mass is 291 g/mol. The van der Waals surface area contributed by atoms with Gasteiger partial charge in [-0.2, -0.15) is 13.2 Å². The Morgan fingerprint density at radius 3 is 2.33 bits per heavy atom. The molecule has 1 nitrogen and oxygen atoms in total. The van der Waals surface area contributed by atoms with Crippen molar-refractivity contribution in [3.63, 3.8) is 0 Å². The number of nitrogens with two attached hydrogens (primary N) is 1. The fourth-order valence-corrected chi connectivity index (χ4v) is 2.76. The number of alkyl halides is 3. The number of rotatable bonds is 2. The van der Waals surface area contributed by atoms with E-state index >= 15 is 0 Å². The van der Waals surface area contributed by atoms with E-state index in [-0.39, 0.29) is 5.56 Å². The zero-order chi connectivity index (χ0) is 13.3. The molecule has 2 N–H and O–H groups in total. The molecule has 0 saturated heterocycles. The van der Waals surface area contributed by atoms with E-state index in [9.17, 15) is 13.2 Å². The van der Waals surface area contributed by atoms with E-state index in [1.165, 1.54) is 23.5 Å². The summed E-state index contributed by atoms with van der Waals surface area (Å²) in [6.45, 7) is 0. The molecule has 96 valence electrons. The summed E-state index contributed by atoms with van der Waals surface area (Å²) in [7, 11) is 0. The minimum Gasteiger partial charge on any atom is -0.320 e. The van der Waals surface area contributed by atoms with Crippen molar-refractivity contribution >= 4 is 22.9 Å². The molecule has 0 aliphatic rings. The lowest BCUT2D eigenvalue weighted by molar-refractivity contribution is -0.138. The minimum absolute atomic E-state index is 0.0588. The van der Waals surface area contributed by atoms with Crippen molar-refractivity contribution in [2.75, 3.05) is 0 Å². The molecule has 0 aliphatic heterocycles. The highest BCUT2D eigenvalue weighted by Gasteiger charge is 2.34. The van der Waals surface area contributed by atoms with Crippen LogP contribution in [0.4, 0.5) is 13.2 Å². The first-order valence-electron chi connectivity index (χ1n) is 5.06. The summed E-state index contributed by atoms with van der Waals surface area (Å²) in [5.74, 6) is 0. The Morgan fingerprint density at radius 2 is 1.78 bits per heavy atom. The summed E-state index contributed by atoms with van der Waals surface area (Å²) < 4.78 is 39.1. The first kappa shape index (κ1) is 13.4. The lowest BCUT2D eigenvalue weighted by Crippen LogP contribution is -2.17. The highest BCUT2D eigenvalue weighted by molar-refractivity contribution is 7.16. The Labute approximate surface area is 111 Å². The number of halogens is 4. The van der Waals surface area contributed by atoms with Crippen LogP contribution in [0.25, 0.3) is 0 Å².